The van der Waals surface area contributed by atoms with Crippen LogP contribution in [0.3, 0.4) is 0 Å². The quantitative estimate of drug-likeness (QED) is 0.624. The standard InChI is InChI=1S/C15H18N4O4/c1-3-23-12-4-5-13(14(10-12)19(21)22)17-15(20)7-9-18-11(2)6-8-16-18/h4-6,8,10H,3,7,9H2,1-2H3,(H,17,20). The Kier molecular flexibility index (Phi) is 5.29. The van der Waals surface area contributed by atoms with Crippen LogP contribution >= 0.6 is 0 Å². The molecule has 0 fully saturated rings. The Morgan fingerprint density at radius 2 is 2.22 bits per heavy atom. The van der Waals surface area contributed by atoms with Crippen molar-refractivity contribution in [3.05, 3.63) is 46.3 Å². The van der Waals surface area contributed by atoms with Crippen molar-refractivity contribution in [1.82, 2.24) is 9.78 Å². The molecule has 1 heterocycles. The second-order valence-electron chi connectivity index (χ2n) is 4.86. The summed E-state index contributed by atoms with van der Waals surface area (Å²) in [5, 5.41) is 17.8. The van der Waals surface area contributed by atoms with Gasteiger partial charge in [0, 0.05) is 24.9 Å². The number of hydrogen-bond acceptors (Lipinski definition) is 5. The van der Waals surface area contributed by atoms with Crippen molar-refractivity contribution < 1.29 is 14.5 Å². The lowest BCUT2D eigenvalue weighted by molar-refractivity contribution is -0.384. The summed E-state index contributed by atoms with van der Waals surface area (Å²) in [6.07, 6.45) is 1.83. The van der Waals surface area contributed by atoms with Crippen LogP contribution in [0.5, 0.6) is 5.75 Å². The first kappa shape index (κ1) is 16.5. The van der Waals surface area contributed by atoms with Crippen molar-refractivity contribution in [2.24, 2.45) is 0 Å². The maximum Gasteiger partial charge on any atom is 0.296 e. The second kappa shape index (κ2) is 7.39. The highest BCUT2D eigenvalue weighted by Crippen LogP contribution is 2.29. The van der Waals surface area contributed by atoms with E-state index in [0.29, 0.717) is 18.9 Å². The van der Waals surface area contributed by atoms with Gasteiger partial charge in [-0.3, -0.25) is 19.6 Å². The summed E-state index contributed by atoms with van der Waals surface area (Å²) in [7, 11) is 0. The monoisotopic (exact) mass is 318 g/mol. The molecule has 2 rings (SSSR count). The minimum absolute atomic E-state index is 0.153. The Labute approximate surface area is 133 Å². The summed E-state index contributed by atoms with van der Waals surface area (Å²) >= 11 is 0. The van der Waals surface area contributed by atoms with Crippen LogP contribution in [0.2, 0.25) is 0 Å². The second-order valence-corrected chi connectivity index (χ2v) is 4.86. The molecule has 122 valence electrons. The van der Waals surface area contributed by atoms with Crippen LogP contribution in [-0.2, 0) is 11.3 Å². The van der Waals surface area contributed by atoms with Gasteiger partial charge in [-0.25, -0.2) is 0 Å². The molecule has 1 amide bonds. The van der Waals surface area contributed by atoms with Crippen LogP contribution in [0.1, 0.15) is 19.0 Å². The molecule has 0 saturated heterocycles. The molecular formula is C15H18N4O4. The predicted octanol–water partition coefficient (Wildman–Crippen LogP) is 2.53. The van der Waals surface area contributed by atoms with E-state index in [1.165, 1.54) is 12.1 Å². The molecule has 0 bridgehead atoms. The SMILES string of the molecule is CCOc1ccc(NC(=O)CCn2nccc2C)c([N+](=O)[O-])c1. The Bertz CT molecular complexity index is 711. The third-order valence-electron chi connectivity index (χ3n) is 3.23. The fourth-order valence-electron chi connectivity index (χ4n) is 2.08. The van der Waals surface area contributed by atoms with Gasteiger partial charge in [-0.15, -0.1) is 0 Å². The Hall–Kier alpha value is -2.90. The molecule has 2 aromatic rings. The van der Waals surface area contributed by atoms with Gasteiger partial charge in [0.15, 0.2) is 0 Å². The first-order valence-electron chi connectivity index (χ1n) is 7.20. The van der Waals surface area contributed by atoms with Crippen LogP contribution in [0, 0.1) is 17.0 Å². The third kappa shape index (κ3) is 4.29. The molecule has 0 aliphatic rings. The number of aromatic nitrogens is 2. The van der Waals surface area contributed by atoms with Crippen LogP contribution in [-0.4, -0.2) is 27.2 Å². The van der Waals surface area contributed by atoms with Crippen LogP contribution in [0.4, 0.5) is 11.4 Å². The number of rotatable bonds is 7. The molecule has 1 N–H and O–H groups in total. The number of nitrogens with zero attached hydrogens (tertiary/aromatic N) is 3. The Morgan fingerprint density at radius 1 is 1.43 bits per heavy atom. The van der Waals surface area contributed by atoms with Gasteiger partial charge >= 0.3 is 0 Å². The van der Waals surface area contributed by atoms with Crippen LogP contribution in [0.25, 0.3) is 0 Å². The van der Waals surface area contributed by atoms with Gasteiger partial charge in [-0.2, -0.15) is 5.10 Å². The molecule has 8 nitrogen and oxygen atoms in total. The molecule has 0 unspecified atom stereocenters. The van der Waals surface area contributed by atoms with E-state index in [9.17, 15) is 14.9 Å². The number of carbonyl (C=O) groups is 1. The number of carbonyl (C=O) groups excluding carboxylic acids is 1. The zero-order chi connectivity index (χ0) is 16.8. The molecule has 0 aliphatic carbocycles. The van der Waals surface area contributed by atoms with Crippen LogP contribution in [0.15, 0.2) is 30.5 Å². The lowest BCUT2D eigenvalue weighted by Crippen LogP contribution is -2.16. The fourth-order valence-corrected chi connectivity index (χ4v) is 2.08. The number of aryl methyl sites for hydroxylation is 2. The minimum atomic E-state index is -0.546. The van der Waals surface area contributed by atoms with Gasteiger partial charge in [0.2, 0.25) is 5.91 Å². The van der Waals surface area contributed by atoms with E-state index >= 15 is 0 Å². The van der Waals surface area contributed by atoms with E-state index in [-0.39, 0.29) is 23.7 Å². The van der Waals surface area contributed by atoms with Gasteiger partial charge in [-0.1, -0.05) is 0 Å². The molecular weight excluding hydrogens is 300 g/mol. The maximum atomic E-state index is 12.0. The Morgan fingerprint density at radius 3 is 2.83 bits per heavy atom. The first-order chi connectivity index (χ1) is 11.0. The smallest absolute Gasteiger partial charge is 0.296 e. The maximum absolute atomic E-state index is 12.0. The number of nitro groups is 1. The fraction of sp³-hybridized carbons (Fsp3) is 0.333. The molecule has 0 saturated carbocycles. The summed E-state index contributed by atoms with van der Waals surface area (Å²) in [5.41, 5.74) is 0.907. The number of amides is 1. The van der Waals surface area contributed by atoms with Gasteiger partial charge in [0.25, 0.3) is 5.69 Å². The van der Waals surface area contributed by atoms with Crippen molar-refractivity contribution in [2.75, 3.05) is 11.9 Å². The van der Waals surface area contributed by atoms with Gasteiger partial charge in [0.1, 0.15) is 11.4 Å². The average Bonchev–Trinajstić information content (AvgIpc) is 2.92. The summed E-state index contributed by atoms with van der Waals surface area (Å²) in [5.74, 6) is 0.0801. The molecule has 8 heteroatoms. The zero-order valence-corrected chi connectivity index (χ0v) is 13.0. The minimum Gasteiger partial charge on any atom is -0.494 e. The summed E-state index contributed by atoms with van der Waals surface area (Å²) in [4.78, 5) is 22.6. The average molecular weight is 318 g/mol. The predicted molar refractivity (Wildman–Crippen MR) is 84.5 cm³/mol. The highest BCUT2D eigenvalue weighted by molar-refractivity contribution is 5.93. The zero-order valence-electron chi connectivity index (χ0n) is 13.0. The highest BCUT2D eigenvalue weighted by atomic mass is 16.6. The lowest BCUT2D eigenvalue weighted by atomic mass is 10.2. The van der Waals surface area contributed by atoms with Crippen LogP contribution < -0.4 is 10.1 Å². The lowest BCUT2D eigenvalue weighted by Gasteiger charge is -2.09. The summed E-state index contributed by atoms with van der Waals surface area (Å²) in [6.45, 7) is 4.50. The molecule has 0 atom stereocenters. The number of anilines is 1. The molecule has 23 heavy (non-hydrogen) atoms. The van der Waals surface area contributed by atoms with E-state index < -0.39 is 4.92 Å². The number of ether oxygens (including phenoxy) is 1. The van der Waals surface area contributed by atoms with Crippen molar-refractivity contribution in [1.29, 1.82) is 0 Å². The van der Waals surface area contributed by atoms with Crippen molar-refractivity contribution in [3.63, 3.8) is 0 Å². The highest BCUT2D eigenvalue weighted by Gasteiger charge is 2.17. The number of benzene rings is 1. The van der Waals surface area contributed by atoms with E-state index in [4.69, 9.17) is 4.74 Å². The van der Waals surface area contributed by atoms with Gasteiger partial charge < -0.3 is 10.1 Å². The molecule has 0 spiro atoms. The number of nitro benzene ring substituents is 1. The number of nitrogens with one attached hydrogen (secondary N) is 1. The molecule has 1 aromatic heterocycles. The number of hydrogen-bond donors (Lipinski definition) is 1. The van der Waals surface area contributed by atoms with E-state index in [1.54, 1.807) is 23.9 Å². The summed E-state index contributed by atoms with van der Waals surface area (Å²) < 4.78 is 6.94. The van der Waals surface area contributed by atoms with Crippen molar-refractivity contribution in [2.45, 2.75) is 26.8 Å². The molecule has 0 aliphatic heterocycles. The topological polar surface area (TPSA) is 99.3 Å². The molecule has 0 radical (unpaired) electrons. The third-order valence-corrected chi connectivity index (χ3v) is 3.23. The van der Waals surface area contributed by atoms with Crippen molar-refractivity contribution >= 4 is 17.3 Å². The normalized spacial score (nSPS) is 10.3. The first-order valence-corrected chi connectivity index (χ1v) is 7.20. The van der Waals surface area contributed by atoms with E-state index in [1.807, 2.05) is 13.0 Å². The van der Waals surface area contributed by atoms with Gasteiger partial charge in [0.05, 0.1) is 17.6 Å². The largest absolute Gasteiger partial charge is 0.494 e. The van der Waals surface area contributed by atoms with Crippen molar-refractivity contribution in [3.8, 4) is 5.75 Å². The van der Waals surface area contributed by atoms with E-state index in [2.05, 4.69) is 10.4 Å². The molecule has 1 aromatic carbocycles. The summed E-state index contributed by atoms with van der Waals surface area (Å²) in [6, 6.07) is 6.20. The van der Waals surface area contributed by atoms with E-state index in [0.717, 1.165) is 5.69 Å². The van der Waals surface area contributed by atoms with Gasteiger partial charge in [-0.05, 0) is 32.0 Å². The Balaban J connectivity index is 2.05.